The van der Waals surface area contributed by atoms with E-state index >= 15 is 0 Å². The number of hydrogen-bond acceptors (Lipinski definition) is 3. The van der Waals surface area contributed by atoms with E-state index in [1.54, 1.807) is 6.07 Å². The van der Waals surface area contributed by atoms with E-state index in [2.05, 4.69) is 19.1 Å². The molecule has 1 aromatic rings. The Morgan fingerprint density at radius 3 is 2.36 bits per heavy atom. The second-order valence-corrected chi connectivity index (χ2v) is 5.77. The van der Waals surface area contributed by atoms with Crippen molar-refractivity contribution in [1.29, 1.82) is 0 Å². The molecular formula is C19H28O3. The van der Waals surface area contributed by atoms with E-state index in [0.717, 1.165) is 31.2 Å². The highest BCUT2D eigenvalue weighted by Gasteiger charge is 2.14. The SMILES string of the molecule is CCCC/C=C\CCCCCc1cc(O)cc(O)c1C(C)=O. The summed E-state index contributed by atoms with van der Waals surface area (Å²) in [5.74, 6) is -0.274. The molecule has 122 valence electrons. The number of Topliss-reactive ketones (excluding diaryl/α,β-unsaturated/α-hetero) is 1. The fourth-order valence-electron chi connectivity index (χ4n) is 2.58. The molecule has 22 heavy (non-hydrogen) atoms. The molecule has 0 saturated carbocycles. The normalized spacial score (nSPS) is 11.2. The first kappa shape index (κ1) is 18.3. The number of carbonyl (C=O) groups excluding carboxylic acids is 1. The molecule has 0 fully saturated rings. The fraction of sp³-hybridized carbons (Fsp3) is 0.526. The summed E-state index contributed by atoms with van der Waals surface area (Å²) in [7, 11) is 0. The topological polar surface area (TPSA) is 57.5 Å². The van der Waals surface area contributed by atoms with Gasteiger partial charge in [0.15, 0.2) is 5.78 Å². The third kappa shape index (κ3) is 6.33. The van der Waals surface area contributed by atoms with Crippen LogP contribution in [0.3, 0.4) is 0 Å². The van der Waals surface area contributed by atoms with Crippen molar-refractivity contribution < 1.29 is 15.0 Å². The van der Waals surface area contributed by atoms with Crippen molar-refractivity contribution in [3.8, 4) is 11.5 Å². The van der Waals surface area contributed by atoms with Crippen LogP contribution in [0.25, 0.3) is 0 Å². The summed E-state index contributed by atoms with van der Waals surface area (Å²) in [5.41, 5.74) is 1.08. The largest absolute Gasteiger partial charge is 0.508 e. The molecule has 0 radical (unpaired) electrons. The number of hydrogen-bond donors (Lipinski definition) is 2. The molecule has 3 heteroatoms. The number of carbonyl (C=O) groups is 1. The molecule has 0 aliphatic rings. The minimum atomic E-state index is -0.161. The Labute approximate surface area is 133 Å². The van der Waals surface area contributed by atoms with Crippen LogP contribution in [0.5, 0.6) is 11.5 Å². The van der Waals surface area contributed by atoms with Gasteiger partial charge in [0, 0.05) is 6.07 Å². The number of phenolic OH excluding ortho intramolecular Hbond substituents is 2. The van der Waals surface area contributed by atoms with Crippen LogP contribution in [0.15, 0.2) is 24.3 Å². The number of aromatic hydroxyl groups is 2. The van der Waals surface area contributed by atoms with E-state index in [4.69, 9.17) is 0 Å². The van der Waals surface area contributed by atoms with E-state index in [0.29, 0.717) is 12.0 Å². The molecule has 3 nitrogen and oxygen atoms in total. The number of rotatable bonds is 10. The average Bonchev–Trinajstić information content (AvgIpc) is 2.44. The van der Waals surface area contributed by atoms with Crippen molar-refractivity contribution in [2.75, 3.05) is 0 Å². The van der Waals surface area contributed by atoms with Crippen molar-refractivity contribution in [2.24, 2.45) is 0 Å². The smallest absolute Gasteiger partial charge is 0.163 e. The van der Waals surface area contributed by atoms with Crippen LogP contribution in [-0.4, -0.2) is 16.0 Å². The Hall–Kier alpha value is -1.77. The molecule has 0 bridgehead atoms. The Kier molecular flexibility index (Phi) is 8.34. The van der Waals surface area contributed by atoms with Crippen molar-refractivity contribution in [1.82, 2.24) is 0 Å². The van der Waals surface area contributed by atoms with Crippen LogP contribution in [0.4, 0.5) is 0 Å². The van der Waals surface area contributed by atoms with Crippen molar-refractivity contribution >= 4 is 5.78 Å². The lowest BCUT2D eigenvalue weighted by atomic mass is 9.97. The van der Waals surface area contributed by atoms with Crippen LogP contribution >= 0.6 is 0 Å². The summed E-state index contributed by atoms with van der Waals surface area (Å²) >= 11 is 0. The lowest BCUT2D eigenvalue weighted by molar-refractivity contribution is 0.101. The van der Waals surface area contributed by atoms with Gasteiger partial charge in [0.2, 0.25) is 0 Å². The van der Waals surface area contributed by atoms with Gasteiger partial charge in [-0.3, -0.25) is 4.79 Å². The van der Waals surface area contributed by atoms with Crippen LogP contribution in [0.2, 0.25) is 0 Å². The Balaban J connectivity index is 2.39. The second kappa shape index (κ2) is 10.0. The van der Waals surface area contributed by atoms with Gasteiger partial charge in [-0.05, 0) is 50.7 Å². The Morgan fingerprint density at radius 2 is 1.73 bits per heavy atom. The maximum Gasteiger partial charge on any atom is 0.163 e. The first-order chi connectivity index (χ1) is 10.6. The maximum atomic E-state index is 11.6. The molecule has 0 unspecified atom stereocenters. The number of ketones is 1. The minimum absolute atomic E-state index is 0.0105. The molecule has 0 aliphatic carbocycles. The molecule has 0 atom stereocenters. The van der Waals surface area contributed by atoms with E-state index < -0.39 is 0 Å². The summed E-state index contributed by atoms with van der Waals surface area (Å²) in [5, 5.41) is 19.4. The predicted octanol–water partition coefficient (Wildman–Crippen LogP) is 5.15. The monoisotopic (exact) mass is 304 g/mol. The van der Waals surface area contributed by atoms with Gasteiger partial charge in [0.1, 0.15) is 11.5 Å². The maximum absolute atomic E-state index is 11.6. The second-order valence-electron chi connectivity index (χ2n) is 5.77. The van der Waals surface area contributed by atoms with Gasteiger partial charge in [0.25, 0.3) is 0 Å². The summed E-state index contributed by atoms with van der Waals surface area (Å²) in [6.45, 7) is 3.64. The number of benzene rings is 1. The van der Waals surface area contributed by atoms with Crippen LogP contribution in [-0.2, 0) is 6.42 Å². The van der Waals surface area contributed by atoms with E-state index in [-0.39, 0.29) is 17.3 Å². The number of phenols is 2. The van der Waals surface area contributed by atoms with Crippen LogP contribution in [0, 0.1) is 0 Å². The standard InChI is InChI=1S/C19H28O3/c1-3-4-5-6-7-8-9-10-11-12-16-13-17(21)14-18(22)19(16)15(2)20/h6-7,13-14,21-22H,3-5,8-12H2,1-2H3/b7-6-. The van der Waals surface area contributed by atoms with Gasteiger partial charge in [-0.25, -0.2) is 0 Å². The van der Waals surface area contributed by atoms with Crippen molar-refractivity contribution in [2.45, 2.75) is 65.2 Å². The molecule has 0 aliphatic heterocycles. The van der Waals surface area contributed by atoms with Gasteiger partial charge in [0.05, 0.1) is 5.56 Å². The molecule has 0 aromatic heterocycles. The van der Waals surface area contributed by atoms with E-state index in [1.165, 1.54) is 32.3 Å². The zero-order valence-electron chi connectivity index (χ0n) is 13.8. The predicted molar refractivity (Wildman–Crippen MR) is 90.6 cm³/mol. The highest BCUT2D eigenvalue weighted by Crippen LogP contribution is 2.28. The third-order valence-electron chi connectivity index (χ3n) is 3.74. The van der Waals surface area contributed by atoms with Crippen molar-refractivity contribution in [3.05, 3.63) is 35.4 Å². The summed E-state index contributed by atoms with van der Waals surface area (Å²) in [6, 6.07) is 2.81. The molecule has 1 rings (SSSR count). The fourth-order valence-corrected chi connectivity index (χ4v) is 2.58. The highest BCUT2D eigenvalue weighted by molar-refractivity contribution is 5.98. The summed E-state index contributed by atoms with van der Waals surface area (Å²) < 4.78 is 0. The quantitative estimate of drug-likeness (QED) is 0.357. The van der Waals surface area contributed by atoms with Gasteiger partial charge >= 0.3 is 0 Å². The zero-order valence-corrected chi connectivity index (χ0v) is 13.8. The third-order valence-corrected chi connectivity index (χ3v) is 3.74. The average molecular weight is 304 g/mol. The Morgan fingerprint density at radius 1 is 1.05 bits per heavy atom. The number of unbranched alkanes of at least 4 members (excludes halogenated alkanes) is 5. The molecule has 0 amide bonds. The first-order valence-corrected chi connectivity index (χ1v) is 8.27. The first-order valence-electron chi connectivity index (χ1n) is 8.27. The summed E-state index contributed by atoms with van der Waals surface area (Å²) in [4.78, 5) is 11.6. The summed E-state index contributed by atoms with van der Waals surface area (Å²) in [6.07, 6.45) is 13.1. The number of aryl methyl sites for hydroxylation is 1. The van der Waals surface area contributed by atoms with Gasteiger partial charge in [-0.2, -0.15) is 0 Å². The lowest BCUT2D eigenvalue weighted by Gasteiger charge is -2.09. The molecular weight excluding hydrogens is 276 g/mol. The van der Waals surface area contributed by atoms with E-state index in [9.17, 15) is 15.0 Å². The number of allylic oxidation sites excluding steroid dienone is 2. The highest BCUT2D eigenvalue weighted by atomic mass is 16.3. The minimum Gasteiger partial charge on any atom is -0.508 e. The zero-order chi connectivity index (χ0) is 16.4. The van der Waals surface area contributed by atoms with Crippen LogP contribution in [0.1, 0.15) is 74.7 Å². The van der Waals surface area contributed by atoms with E-state index in [1.807, 2.05) is 0 Å². The molecule has 0 spiro atoms. The van der Waals surface area contributed by atoms with Gasteiger partial charge < -0.3 is 10.2 Å². The van der Waals surface area contributed by atoms with Gasteiger partial charge in [-0.15, -0.1) is 0 Å². The molecule has 0 heterocycles. The molecule has 2 N–H and O–H groups in total. The van der Waals surface area contributed by atoms with Crippen molar-refractivity contribution in [3.63, 3.8) is 0 Å². The van der Waals surface area contributed by atoms with Crippen LogP contribution < -0.4 is 0 Å². The molecule has 1 aromatic carbocycles. The lowest BCUT2D eigenvalue weighted by Crippen LogP contribution is -2.00. The molecule has 0 saturated heterocycles. The van der Waals surface area contributed by atoms with Gasteiger partial charge in [-0.1, -0.05) is 38.3 Å². The Bertz CT molecular complexity index is 504.